The first-order valence-electron chi connectivity index (χ1n) is 7.65. The van der Waals surface area contributed by atoms with Crippen molar-refractivity contribution in [1.82, 2.24) is 5.32 Å². The molecule has 2 N–H and O–H groups in total. The van der Waals surface area contributed by atoms with Crippen LogP contribution in [0.3, 0.4) is 0 Å². The van der Waals surface area contributed by atoms with E-state index in [9.17, 15) is 4.79 Å². The van der Waals surface area contributed by atoms with Crippen molar-refractivity contribution in [3.63, 3.8) is 0 Å². The molecule has 3 aromatic carbocycles. The summed E-state index contributed by atoms with van der Waals surface area (Å²) in [6, 6.07) is 24.5. The monoisotopic (exact) mass is 366 g/mol. The number of nitrogens with one attached hydrogen (secondary N) is 2. The van der Waals surface area contributed by atoms with Crippen molar-refractivity contribution >= 4 is 40.5 Å². The third kappa shape index (κ3) is 4.66. The fourth-order valence-corrected chi connectivity index (χ4v) is 2.68. The van der Waals surface area contributed by atoms with E-state index in [1.807, 2.05) is 54.6 Å². The van der Waals surface area contributed by atoms with Gasteiger partial charge in [-0.15, -0.1) is 0 Å². The highest BCUT2D eigenvalue weighted by Crippen LogP contribution is 2.22. The molecule has 0 bridgehead atoms. The molecule has 0 atom stereocenters. The SMILES string of the molecule is O=C(NC(=S)Nc1cccc(-c2ccccc2)c1)c1ccc(Cl)cc1. The number of benzene rings is 3. The summed E-state index contributed by atoms with van der Waals surface area (Å²) < 4.78 is 0. The average Bonchev–Trinajstić information content (AvgIpc) is 2.63. The Hall–Kier alpha value is -2.69. The van der Waals surface area contributed by atoms with Gasteiger partial charge in [0.1, 0.15) is 0 Å². The van der Waals surface area contributed by atoms with E-state index < -0.39 is 0 Å². The average molecular weight is 367 g/mol. The molecule has 0 aliphatic heterocycles. The maximum Gasteiger partial charge on any atom is 0.257 e. The van der Waals surface area contributed by atoms with E-state index in [1.165, 1.54) is 0 Å². The van der Waals surface area contributed by atoms with Gasteiger partial charge in [-0.3, -0.25) is 10.1 Å². The number of anilines is 1. The molecule has 0 aromatic heterocycles. The molecule has 1 amide bonds. The van der Waals surface area contributed by atoms with E-state index in [4.69, 9.17) is 23.8 Å². The first kappa shape index (κ1) is 17.1. The minimum Gasteiger partial charge on any atom is -0.332 e. The minimum atomic E-state index is -0.284. The van der Waals surface area contributed by atoms with Gasteiger partial charge >= 0.3 is 0 Å². The summed E-state index contributed by atoms with van der Waals surface area (Å²) in [6.07, 6.45) is 0. The van der Waals surface area contributed by atoms with E-state index in [-0.39, 0.29) is 11.0 Å². The van der Waals surface area contributed by atoms with E-state index >= 15 is 0 Å². The van der Waals surface area contributed by atoms with Crippen molar-refractivity contribution < 1.29 is 4.79 Å². The van der Waals surface area contributed by atoms with Crippen molar-refractivity contribution in [2.24, 2.45) is 0 Å². The van der Waals surface area contributed by atoms with Crippen LogP contribution in [0.25, 0.3) is 11.1 Å². The van der Waals surface area contributed by atoms with Gasteiger partial charge < -0.3 is 5.32 Å². The normalized spacial score (nSPS) is 10.1. The second-order valence-corrected chi connectivity index (χ2v) is 6.21. The van der Waals surface area contributed by atoms with Gasteiger partial charge in [-0.05, 0) is 59.7 Å². The molecule has 3 nitrogen and oxygen atoms in total. The highest BCUT2D eigenvalue weighted by atomic mass is 35.5. The first-order valence-corrected chi connectivity index (χ1v) is 8.44. The molecule has 0 fully saturated rings. The number of hydrogen-bond donors (Lipinski definition) is 2. The van der Waals surface area contributed by atoms with Crippen molar-refractivity contribution in [1.29, 1.82) is 0 Å². The molecule has 0 heterocycles. The number of amides is 1. The molecular formula is C20H15ClN2OS. The molecule has 3 rings (SSSR count). The molecule has 0 spiro atoms. The third-order valence-electron chi connectivity index (χ3n) is 3.56. The van der Waals surface area contributed by atoms with Gasteiger partial charge in [0, 0.05) is 16.3 Å². The number of halogens is 1. The molecule has 0 aliphatic carbocycles. The first-order chi connectivity index (χ1) is 12.1. The minimum absolute atomic E-state index is 0.241. The van der Waals surface area contributed by atoms with Gasteiger partial charge in [-0.1, -0.05) is 54.1 Å². The molecule has 25 heavy (non-hydrogen) atoms. The van der Waals surface area contributed by atoms with Gasteiger partial charge in [0.05, 0.1) is 0 Å². The number of hydrogen-bond acceptors (Lipinski definition) is 2. The van der Waals surface area contributed by atoms with Crippen LogP contribution in [0.1, 0.15) is 10.4 Å². The van der Waals surface area contributed by atoms with Gasteiger partial charge in [-0.2, -0.15) is 0 Å². The zero-order valence-corrected chi connectivity index (χ0v) is 14.8. The predicted molar refractivity (Wildman–Crippen MR) is 107 cm³/mol. The summed E-state index contributed by atoms with van der Waals surface area (Å²) in [5, 5.41) is 6.52. The molecule has 124 valence electrons. The Morgan fingerprint density at radius 3 is 2.24 bits per heavy atom. The fraction of sp³-hybridized carbons (Fsp3) is 0. The quantitative estimate of drug-likeness (QED) is 0.631. The molecule has 0 saturated heterocycles. The van der Waals surface area contributed by atoms with Gasteiger partial charge in [-0.25, -0.2) is 0 Å². The Kier molecular flexibility index (Phi) is 5.43. The smallest absolute Gasteiger partial charge is 0.257 e. The standard InChI is InChI=1S/C20H15ClN2OS/c21-17-11-9-15(10-12-17)19(24)23-20(25)22-18-8-4-7-16(13-18)14-5-2-1-3-6-14/h1-13H,(H2,22,23,24,25). The maximum absolute atomic E-state index is 12.2. The van der Waals surface area contributed by atoms with Crippen molar-refractivity contribution in [2.75, 3.05) is 5.32 Å². The van der Waals surface area contributed by atoms with Crippen LogP contribution >= 0.6 is 23.8 Å². The van der Waals surface area contributed by atoms with Crippen LogP contribution in [0.2, 0.25) is 5.02 Å². The summed E-state index contributed by atoms with van der Waals surface area (Å²) in [5.74, 6) is -0.284. The van der Waals surface area contributed by atoms with Crippen molar-refractivity contribution in [2.45, 2.75) is 0 Å². The molecule has 0 aliphatic rings. The van der Waals surface area contributed by atoms with E-state index in [1.54, 1.807) is 24.3 Å². The fourth-order valence-electron chi connectivity index (χ4n) is 2.35. The maximum atomic E-state index is 12.2. The topological polar surface area (TPSA) is 41.1 Å². The molecule has 0 unspecified atom stereocenters. The van der Waals surface area contributed by atoms with Crippen LogP contribution in [0, 0.1) is 0 Å². The van der Waals surface area contributed by atoms with Crippen LogP contribution in [0.15, 0.2) is 78.9 Å². The summed E-state index contributed by atoms with van der Waals surface area (Å²) in [7, 11) is 0. The molecule has 0 saturated carbocycles. The Morgan fingerprint density at radius 2 is 1.52 bits per heavy atom. The third-order valence-corrected chi connectivity index (χ3v) is 4.02. The van der Waals surface area contributed by atoms with Crippen LogP contribution < -0.4 is 10.6 Å². The number of carbonyl (C=O) groups is 1. The lowest BCUT2D eigenvalue weighted by atomic mass is 10.1. The number of thiocarbonyl (C=S) groups is 1. The summed E-state index contributed by atoms with van der Waals surface area (Å²) in [4.78, 5) is 12.2. The summed E-state index contributed by atoms with van der Waals surface area (Å²) in [5.41, 5.74) is 3.48. The lowest BCUT2D eigenvalue weighted by Crippen LogP contribution is -2.34. The molecule has 5 heteroatoms. The van der Waals surface area contributed by atoms with E-state index in [0.29, 0.717) is 10.6 Å². The molecule has 0 radical (unpaired) electrons. The zero-order valence-electron chi connectivity index (χ0n) is 13.2. The lowest BCUT2D eigenvalue weighted by molar-refractivity contribution is 0.0978. The van der Waals surface area contributed by atoms with Crippen LogP contribution in [0.4, 0.5) is 5.69 Å². The van der Waals surface area contributed by atoms with E-state index in [2.05, 4.69) is 10.6 Å². The lowest BCUT2D eigenvalue weighted by Gasteiger charge is -2.11. The molecule has 3 aromatic rings. The van der Waals surface area contributed by atoms with Crippen LogP contribution in [-0.2, 0) is 0 Å². The number of carbonyl (C=O) groups excluding carboxylic acids is 1. The molecular weight excluding hydrogens is 352 g/mol. The number of rotatable bonds is 3. The Morgan fingerprint density at radius 1 is 0.840 bits per heavy atom. The van der Waals surface area contributed by atoms with Gasteiger partial charge in [0.2, 0.25) is 0 Å². The second-order valence-electron chi connectivity index (χ2n) is 5.36. The highest BCUT2D eigenvalue weighted by molar-refractivity contribution is 7.80. The zero-order chi connectivity index (χ0) is 17.6. The van der Waals surface area contributed by atoms with Gasteiger partial charge in [0.15, 0.2) is 5.11 Å². The summed E-state index contributed by atoms with van der Waals surface area (Å²) >= 11 is 11.1. The highest BCUT2D eigenvalue weighted by Gasteiger charge is 2.08. The predicted octanol–water partition coefficient (Wildman–Crippen LogP) is 5.13. The van der Waals surface area contributed by atoms with E-state index in [0.717, 1.165) is 16.8 Å². The van der Waals surface area contributed by atoms with Gasteiger partial charge in [0.25, 0.3) is 5.91 Å². The van der Waals surface area contributed by atoms with Crippen molar-refractivity contribution in [3.05, 3.63) is 89.4 Å². The Bertz CT molecular complexity index is 895. The van der Waals surface area contributed by atoms with Crippen molar-refractivity contribution in [3.8, 4) is 11.1 Å². The largest absolute Gasteiger partial charge is 0.332 e. The van der Waals surface area contributed by atoms with Crippen LogP contribution in [0.5, 0.6) is 0 Å². The Labute approximate surface area is 156 Å². The van der Waals surface area contributed by atoms with Crippen LogP contribution in [-0.4, -0.2) is 11.0 Å². The second kappa shape index (κ2) is 7.92. The Balaban J connectivity index is 1.67. The summed E-state index contributed by atoms with van der Waals surface area (Å²) in [6.45, 7) is 0.